The molecule has 0 unspecified atom stereocenters. The van der Waals surface area contributed by atoms with Gasteiger partial charge in [-0.05, 0) is 17.9 Å². The van der Waals surface area contributed by atoms with Crippen molar-refractivity contribution >= 4 is 5.91 Å². The summed E-state index contributed by atoms with van der Waals surface area (Å²) in [5, 5.41) is 0. The van der Waals surface area contributed by atoms with Crippen molar-refractivity contribution in [2.75, 3.05) is 6.61 Å². The minimum Gasteiger partial charge on any atom is -0.355 e. The first-order valence-corrected chi connectivity index (χ1v) is 7.20. The number of carbonyl (C=O) groups is 1. The predicted molar refractivity (Wildman–Crippen MR) is 73.3 cm³/mol. The van der Waals surface area contributed by atoms with Crippen LogP contribution in [0.1, 0.15) is 38.3 Å². The largest absolute Gasteiger partial charge is 0.355 e. The van der Waals surface area contributed by atoms with Crippen molar-refractivity contribution in [2.24, 2.45) is 11.8 Å². The fourth-order valence-corrected chi connectivity index (χ4v) is 3.52. The average molecular weight is 259 g/mol. The first-order chi connectivity index (χ1) is 9.22. The first kappa shape index (κ1) is 12.7. The third kappa shape index (κ3) is 2.06. The van der Waals surface area contributed by atoms with E-state index >= 15 is 0 Å². The quantitative estimate of drug-likeness (QED) is 0.817. The molecule has 1 amide bonds. The van der Waals surface area contributed by atoms with Crippen LogP contribution in [0.4, 0.5) is 0 Å². The van der Waals surface area contributed by atoms with E-state index < -0.39 is 0 Å². The minimum absolute atomic E-state index is 0.0218. The zero-order valence-electron chi connectivity index (χ0n) is 11.6. The predicted octanol–water partition coefficient (Wildman–Crippen LogP) is 2.98. The second-order valence-corrected chi connectivity index (χ2v) is 5.70. The molecule has 2 saturated heterocycles. The molecule has 2 fully saturated rings. The maximum absolute atomic E-state index is 12.4. The summed E-state index contributed by atoms with van der Waals surface area (Å²) in [4.78, 5) is 14.4. The van der Waals surface area contributed by atoms with Crippen LogP contribution in [0.15, 0.2) is 30.3 Å². The van der Waals surface area contributed by atoms with Gasteiger partial charge in [0.2, 0.25) is 5.91 Å². The lowest BCUT2D eigenvalue weighted by Crippen LogP contribution is -2.49. The third-order valence-corrected chi connectivity index (χ3v) is 4.57. The maximum Gasteiger partial charge on any atom is 0.225 e. The molecule has 102 valence electrons. The molecule has 0 N–H and O–H groups in total. The lowest BCUT2D eigenvalue weighted by Gasteiger charge is -2.40. The van der Waals surface area contributed by atoms with E-state index in [4.69, 9.17) is 4.74 Å². The molecule has 0 aromatic heterocycles. The number of ether oxygens (including phenoxy) is 1. The molecule has 1 aromatic carbocycles. The van der Waals surface area contributed by atoms with Crippen molar-refractivity contribution < 1.29 is 9.53 Å². The van der Waals surface area contributed by atoms with Crippen LogP contribution in [-0.4, -0.2) is 23.6 Å². The highest BCUT2D eigenvalue weighted by molar-refractivity contribution is 5.78. The molecule has 3 heteroatoms. The molecule has 2 aliphatic heterocycles. The molecule has 3 rings (SSSR count). The van der Waals surface area contributed by atoms with E-state index in [0.29, 0.717) is 24.9 Å². The van der Waals surface area contributed by atoms with Gasteiger partial charge >= 0.3 is 0 Å². The highest BCUT2D eigenvalue weighted by Crippen LogP contribution is 2.42. The third-order valence-electron chi connectivity index (χ3n) is 4.57. The summed E-state index contributed by atoms with van der Waals surface area (Å²) in [6.45, 7) is 4.99. The van der Waals surface area contributed by atoms with E-state index in [1.807, 2.05) is 23.1 Å². The molecule has 3 nitrogen and oxygen atoms in total. The van der Waals surface area contributed by atoms with Gasteiger partial charge in [-0.3, -0.25) is 4.79 Å². The van der Waals surface area contributed by atoms with Gasteiger partial charge in [0.25, 0.3) is 0 Å². The lowest BCUT2D eigenvalue weighted by atomic mass is 9.83. The summed E-state index contributed by atoms with van der Waals surface area (Å²) < 4.78 is 5.97. The number of piperidine rings is 1. The molecule has 0 spiro atoms. The van der Waals surface area contributed by atoms with Crippen molar-refractivity contribution in [3.8, 4) is 0 Å². The average Bonchev–Trinajstić information content (AvgIpc) is 2.85. The molecule has 0 radical (unpaired) electrons. The number of amides is 1. The Labute approximate surface area is 114 Å². The van der Waals surface area contributed by atoms with Gasteiger partial charge in [0.1, 0.15) is 6.23 Å². The number of hydrogen-bond acceptors (Lipinski definition) is 2. The molecule has 19 heavy (non-hydrogen) atoms. The number of nitrogens with zero attached hydrogens (tertiary/aromatic N) is 1. The van der Waals surface area contributed by atoms with Gasteiger partial charge < -0.3 is 9.64 Å². The smallest absolute Gasteiger partial charge is 0.225 e. The van der Waals surface area contributed by atoms with Gasteiger partial charge in [-0.25, -0.2) is 0 Å². The Kier molecular flexibility index (Phi) is 3.31. The van der Waals surface area contributed by atoms with Crippen LogP contribution in [0.2, 0.25) is 0 Å². The Balaban J connectivity index is 1.90. The van der Waals surface area contributed by atoms with Crippen molar-refractivity contribution in [2.45, 2.75) is 39.0 Å². The molecule has 4 atom stereocenters. The fourth-order valence-electron chi connectivity index (χ4n) is 3.52. The molecule has 2 heterocycles. The minimum atomic E-state index is -0.0218. The Hall–Kier alpha value is -1.35. The van der Waals surface area contributed by atoms with E-state index in [-0.39, 0.29) is 18.2 Å². The Morgan fingerprint density at radius 3 is 2.74 bits per heavy atom. The summed E-state index contributed by atoms with van der Waals surface area (Å²) in [5.74, 6) is 1.13. The summed E-state index contributed by atoms with van der Waals surface area (Å²) in [6.07, 6.45) is 1.70. The Morgan fingerprint density at radius 2 is 2.05 bits per heavy atom. The van der Waals surface area contributed by atoms with Gasteiger partial charge in [0, 0.05) is 12.3 Å². The normalized spacial score (nSPS) is 34.4. The second kappa shape index (κ2) is 4.97. The highest BCUT2D eigenvalue weighted by Gasteiger charge is 2.47. The number of hydrogen-bond donors (Lipinski definition) is 0. The van der Waals surface area contributed by atoms with E-state index in [2.05, 4.69) is 26.0 Å². The van der Waals surface area contributed by atoms with Crippen LogP contribution in [0.5, 0.6) is 0 Å². The summed E-state index contributed by atoms with van der Waals surface area (Å²) >= 11 is 0. The van der Waals surface area contributed by atoms with Crippen molar-refractivity contribution in [1.29, 1.82) is 0 Å². The van der Waals surface area contributed by atoms with Gasteiger partial charge in [0.15, 0.2) is 0 Å². The van der Waals surface area contributed by atoms with E-state index in [1.54, 1.807) is 0 Å². The molecule has 0 aliphatic carbocycles. The molecule has 0 saturated carbocycles. The Morgan fingerprint density at radius 1 is 1.32 bits per heavy atom. The van der Waals surface area contributed by atoms with Crippen molar-refractivity contribution in [3.63, 3.8) is 0 Å². The van der Waals surface area contributed by atoms with Gasteiger partial charge in [0.05, 0.1) is 12.6 Å². The molecule has 1 aromatic rings. The molecular formula is C16H21NO2. The summed E-state index contributed by atoms with van der Waals surface area (Å²) in [5.41, 5.74) is 1.18. The number of benzene rings is 1. The number of rotatable bonds is 2. The van der Waals surface area contributed by atoms with Gasteiger partial charge in [-0.15, -0.1) is 0 Å². The monoisotopic (exact) mass is 259 g/mol. The van der Waals surface area contributed by atoms with Crippen LogP contribution < -0.4 is 0 Å². The van der Waals surface area contributed by atoms with Crippen LogP contribution in [0.3, 0.4) is 0 Å². The van der Waals surface area contributed by atoms with E-state index in [0.717, 1.165) is 6.42 Å². The number of carbonyl (C=O) groups excluding carboxylic acids is 1. The fraction of sp³-hybridized carbons (Fsp3) is 0.562. The zero-order chi connectivity index (χ0) is 13.4. The lowest BCUT2D eigenvalue weighted by molar-refractivity contribution is -0.151. The molecule has 0 bridgehead atoms. The molecular weight excluding hydrogens is 238 g/mol. The Bertz CT molecular complexity index is 459. The topological polar surface area (TPSA) is 29.5 Å². The standard InChI is InChI=1S/C16H21NO2/c1-3-13-11(2)9-15(18)17-14(10-19-16(13)17)12-7-5-4-6-8-12/h4-8,11,13-14,16H,3,9-10H2,1-2H3/t11-,13-,14-,16+/m0/s1. The number of fused-ring (bicyclic) bond motifs is 1. The SMILES string of the molecule is CC[C@@H]1[C@H]2OC[C@@H](c3ccccc3)N2C(=O)C[C@@H]1C. The van der Waals surface area contributed by atoms with E-state index in [9.17, 15) is 4.79 Å². The maximum atomic E-state index is 12.4. The zero-order valence-corrected chi connectivity index (χ0v) is 11.6. The summed E-state index contributed by atoms with van der Waals surface area (Å²) in [7, 11) is 0. The van der Waals surface area contributed by atoms with Crippen LogP contribution in [0.25, 0.3) is 0 Å². The van der Waals surface area contributed by atoms with E-state index in [1.165, 1.54) is 5.56 Å². The second-order valence-electron chi connectivity index (χ2n) is 5.70. The highest BCUT2D eigenvalue weighted by atomic mass is 16.5. The molecule has 2 aliphatic rings. The van der Waals surface area contributed by atoms with Gasteiger partial charge in [-0.1, -0.05) is 44.2 Å². The summed E-state index contributed by atoms with van der Waals surface area (Å²) in [6, 6.07) is 10.3. The van der Waals surface area contributed by atoms with Gasteiger partial charge in [-0.2, -0.15) is 0 Å². The van der Waals surface area contributed by atoms with Crippen molar-refractivity contribution in [3.05, 3.63) is 35.9 Å². The van der Waals surface area contributed by atoms with Crippen LogP contribution >= 0.6 is 0 Å². The first-order valence-electron chi connectivity index (χ1n) is 7.20. The van der Waals surface area contributed by atoms with Crippen molar-refractivity contribution in [1.82, 2.24) is 4.90 Å². The van der Waals surface area contributed by atoms with Crippen LogP contribution in [0, 0.1) is 11.8 Å². The van der Waals surface area contributed by atoms with Crippen LogP contribution in [-0.2, 0) is 9.53 Å².